The van der Waals surface area contributed by atoms with Crippen LogP contribution in [0.1, 0.15) is 20.8 Å². The molecule has 1 amide bonds. The molecule has 7 nitrogen and oxygen atoms in total. The Hall–Kier alpha value is -3.27. The van der Waals surface area contributed by atoms with Gasteiger partial charge in [0.25, 0.3) is 5.91 Å². The highest BCUT2D eigenvalue weighted by atomic mass is 32.1. The second-order valence-corrected chi connectivity index (χ2v) is 6.02. The summed E-state index contributed by atoms with van der Waals surface area (Å²) in [6, 6.07) is 7.24. The average Bonchev–Trinajstić information content (AvgIpc) is 3.30. The fourth-order valence-corrected chi connectivity index (χ4v) is 2.97. The van der Waals surface area contributed by atoms with Crippen LogP contribution in [0.3, 0.4) is 0 Å². The summed E-state index contributed by atoms with van der Waals surface area (Å²) < 4.78 is 33.9. The zero-order chi connectivity index (χ0) is 19.4. The van der Waals surface area contributed by atoms with Crippen LogP contribution < -0.4 is 10.1 Å². The molecule has 2 N–H and O–H groups in total. The number of hydrogen-bond donors (Lipinski definition) is 2. The summed E-state index contributed by atoms with van der Waals surface area (Å²) in [6.45, 7) is -3.04. The van der Waals surface area contributed by atoms with Crippen molar-refractivity contribution < 1.29 is 27.8 Å². The van der Waals surface area contributed by atoms with Gasteiger partial charge >= 0.3 is 12.6 Å². The summed E-state index contributed by atoms with van der Waals surface area (Å²) in [5, 5.41) is 4.49. The zero-order valence-corrected chi connectivity index (χ0v) is 14.7. The zero-order valence-electron chi connectivity index (χ0n) is 13.9. The maximum atomic E-state index is 12.5. The van der Waals surface area contributed by atoms with E-state index in [4.69, 9.17) is 0 Å². The predicted octanol–water partition coefficient (Wildman–Crippen LogP) is 3.78. The molecule has 1 aromatic carbocycles. The number of nitrogens with one attached hydrogen (secondary N) is 2. The first-order chi connectivity index (χ1) is 13.0. The van der Waals surface area contributed by atoms with Gasteiger partial charge in [0.2, 0.25) is 0 Å². The van der Waals surface area contributed by atoms with E-state index in [1.165, 1.54) is 31.4 Å². The molecule has 10 heteroatoms. The number of carbonyl (C=O) groups is 2. The van der Waals surface area contributed by atoms with Crippen LogP contribution in [0.2, 0.25) is 0 Å². The van der Waals surface area contributed by atoms with E-state index in [-0.39, 0.29) is 22.1 Å². The van der Waals surface area contributed by atoms with E-state index in [9.17, 15) is 18.4 Å². The molecular formula is C17H13F2N3O4S. The van der Waals surface area contributed by atoms with Crippen molar-refractivity contribution in [2.24, 2.45) is 0 Å². The Morgan fingerprint density at radius 2 is 2.07 bits per heavy atom. The van der Waals surface area contributed by atoms with Gasteiger partial charge in [-0.25, -0.2) is 9.78 Å². The number of carbonyl (C=O) groups excluding carboxylic acids is 2. The Balaban J connectivity index is 1.75. The lowest BCUT2D eigenvalue weighted by atomic mass is 10.2. The molecule has 2 heterocycles. The first kappa shape index (κ1) is 18.5. The van der Waals surface area contributed by atoms with Gasteiger partial charge in [0.1, 0.15) is 11.4 Å². The minimum absolute atomic E-state index is 0.0378. The number of halogens is 2. The second kappa shape index (κ2) is 7.96. The summed E-state index contributed by atoms with van der Waals surface area (Å²) >= 11 is 1.15. The highest BCUT2D eigenvalue weighted by molar-refractivity contribution is 7.14. The maximum absolute atomic E-state index is 12.5. The van der Waals surface area contributed by atoms with Crippen molar-refractivity contribution in [2.45, 2.75) is 6.61 Å². The number of methoxy groups -OCH3 is 1. The third kappa shape index (κ3) is 4.29. The minimum atomic E-state index is -3.04. The number of amides is 1. The van der Waals surface area contributed by atoms with Gasteiger partial charge in [-0.15, -0.1) is 11.3 Å². The molecule has 0 radical (unpaired) electrons. The van der Waals surface area contributed by atoms with Crippen molar-refractivity contribution in [3.63, 3.8) is 0 Å². The largest absolute Gasteiger partial charge is 0.464 e. The molecule has 0 aliphatic rings. The number of nitrogens with zero attached hydrogens (tertiary/aromatic N) is 1. The molecule has 0 fully saturated rings. The quantitative estimate of drug-likeness (QED) is 0.622. The summed E-state index contributed by atoms with van der Waals surface area (Å²) in [5.41, 5.74) is 1.39. The number of thiazole rings is 1. The van der Waals surface area contributed by atoms with Crippen LogP contribution in [-0.4, -0.2) is 35.6 Å². The number of ether oxygens (including phenoxy) is 2. The van der Waals surface area contributed by atoms with E-state index in [1.54, 1.807) is 17.6 Å². The minimum Gasteiger partial charge on any atom is -0.464 e. The van der Waals surface area contributed by atoms with Gasteiger partial charge in [-0.05, 0) is 18.2 Å². The summed E-state index contributed by atoms with van der Waals surface area (Å²) in [4.78, 5) is 30.9. The van der Waals surface area contributed by atoms with Crippen molar-refractivity contribution in [1.29, 1.82) is 0 Å². The lowest BCUT2D eigenvalue weighted by Gasteiger charge is -2.09. The molecule has 2 aromatic heterocycles. The lowest BCUT2D eigenvalue weighted by Crippen LogP contribution is -2.14. The number of para-hydroxylation sites is 1. The van der Waals surface area contributed by atoms with Crippen molar-refractivity contribution in [2.75, 3.05) is 12.4 Å². The number of hydrogen-bond acceptors (Lipinski definition) is 6. The average molecular weight is 393 g/mol. The SMILES string of the molecule is COC(=O)c1cc(-c2csc(NC(=O)c3ccccc3OC(F)F)n2)c[nH]1. The molecule has 0 aliphatic heterocycles. The van der Waals surface area contributed by atoms with E-state index in [1.807, 2.05) is 0 Å². The molecule has 3 rings (SSSR count). The van der Waals surface area contributed by atoms with Crippen LogP contribution >= 0.6 is 11.3 Å². The monoisotopic (exact) mass is 393 g/mol. The third-order valence-electron chi connectivity index (χ3n) is 3.46. The molecule has 27 heavy (non-hydrogen) atoms. The molecule has 3 aromatic rings. The van der Waals surface area contributed by atoms with Crippen LogP contribution in [0.25, 0.3) is 11.3 Å². The standard InChI is InChI=1S/C17H13F2N3O4S/c1-25-15(24)11-6-9(7-20-11)12-8-27-17(21-12)22-14(23)10-4-2-3-5-13(10)26-16(18)19/h2-8,16,20H,1H3,(H,21,22,23). The number of aromatic amines is 1. The smallest absolute Gasteiger partial charge is 0.387 e. The van der Waals surface area contributed by atoms with E-state index < -0.39 is 18.5 Å². The Morgan fingerprint density at radius 1 is 1.30 bits per heavy atom. The molecular weight excluding hydrogens is 380 g/mol. The van der Waals surface area contributed by atoms with Gasteiger partial charge in [-0.3, -0.25) is 10.1 Å². The first-order valence-electron chi connectivity index (χ1n) is 7.55. The van der Waals surface area contributed by atoms with Gasteiger partial charge in [-0.1, -0.05) is 12.1 Å². The maximum Gasteiger partial charge on any atom is 0.387 e. The Bertz CT molecular complexity index is 971. The van der Waals surface area contributed by atoms with Crippen LogP contribution in [0, 0.1) is 0 Å². The highest BCUT2D eigenvalue weighted by Crippen LogP contribution is 2.27. The van der Waals surface area contributed by atoms with Crippen molar-refractivity contribution in [1.82, 2.24) is 9.97 Å². The molecule has 0 atom stereocenters. The van der Waals surface area contributed by atoms with Gasteiger partial charge < -0.3 is 14.5 Å². The second-order valence-electron chi connectivity index (χ2n) is 5.16. The summed E-state index contributed by atoms with van der Waals surface area (Å²) in [6.07, 6.45) is 1.58. The Labute approximate surface area is 156 Å². The lowest BCUT2D eigenvalue weighted by molar-refractivity contribution is -0.0501. The molecule has 0 aliphatic carbocycles. The molecule has 0 bridgehead atoms. The summed E-state index contributed by atoms with van der Waals surface area (Å²) in [7, 11) is 1.27. The van der Waals surface area contributed by atoms with Crippen LogP contribution in [0.5, 0.6) is 5.75 Å². The van der Waals surface area contributed by atoms with Crippen LogP contribution in [-0.2, 0) is 4.74 Å². The fourth-order valence-electron chi connectivity index (χ4n) is 2.25. The Kier molecular flexibility index (Phi) is 5.46. The van der Waals surface area contributed by atoms with E-state index in [2.05, 4.69) is 24.8 Å². The van der Waals surface area contributed by atoms with Gasteiger partial charge in [0.15, 0.2) is 5.13 Å². The van der Waals surface area contributed by atoms with Gasteiger partial charge in [0.05, 0.1) is 18.4 Å². The topological polar surface area (TPSA) is 93.3 Å². The molecule has 0 saturated heterocycles. The number of aromatic nitrogens is 2. The normalized spacial score (nSPS) is 10.7. The highest BCUT2D eigenvalue weighted by Gasteiger charge is 2.17. The number of H-pyrrole nitrogens is 1. The van der Waals surface area contributed by atoms with Crippen LogP contribution in [0.4, 0.5) is 13.9 Å². The van der Waals surface area contributed by atoms with E-state index in [0.717, 1.165) is 11.3 Å². The molecule has 0 saturated carbocycles. The predicted molar refractivity (Wildman–Crippen MR) is 94.3 cm³/mol. The van der Waals surface area contributed by atoms with Crippen molar-refractivity contribution in [3.05, 3.63) is 53.2 Å². The number of anilines is 1. The first-order valence-corrected chi connectivity index (χ1v) is 8.43. The number of esters is 1. The van der Waals surface area contributed by atoms with E-state index in [0.29, 0.717) is 11.3 Å². The van der Waals surface area contributed by atoms with Crippen molar-refractivity contribution >= 4 is 28.3 Å². The molecule has 140 valence electrons. The fraction of sp³-hybridized carbons (Fsp3) is 0.118. The number of rotatable bonds is 6. The number of benzene rings is 1. The van der Waals surface area contributed by atoms with E-state index >= 15 is 0 Å². The molecule has 0 unspecified atom stereocenters. The molecule has 0 spiro atoms. The van der Waals surface area contributed by atoms with Crippen molar-refractivity contribution in [3.8, 4) is 17.0 Å². The summed E-state index contributed by atoms with van der Waals surface area (Å²) in [5.74, 6) is -1.37. The van der Waals surface area contributed by atoms with Crippen LogP contribution in [0.15, 0.2) is 41.9 Å². The third-order valence-corrected chi connectivity index (χ3v) is 4.21. The Morgan fingerprint density at radius 3 is 2.81 bits per heavy atom. The number of alkyl halides is 2. The van der Waals surface area contributed by atoms with Gasteiger partial charge in [0, 0.05) is 17.1 Å². The van der Waals surface area contributed by atoms with Gasteiger partial charge in [-0.2, -0.15) is 8.78 Å².